The summed E-state index contributed by atoms with van der Waals surface area (Å²) in [6.45, 7) is 6.44. The standard InChI is InChI=1S/C29H30FN3O4/c1-4-6-7-20(5-2)18-32-27-14-10-22(16-25(27)26-17-24(33(35)36)13-15-28(26)32)29(31-37-19(3)34)21-8-11-23(30)12-9-21/h8-17,20H,4-7,18H2,1-3H3/b31-29+. The third-order valence-corrected chi connectivity index (χ3v) is 6.70. The number of oxime groups is 1. The number of carbonyl (C=O) groups excluding carboxylic acids is 1. The first-order valence-electron chi connectivity index (χ1n) is 12.5. The van der Waals surface area contributed by atoms with Gasteiger partial charge in [-0.1, -0.05) is 44.3 Å². The Morgan fingerprint density at radius 1 is 1.03 bits per heavy atom. The van der Waals surface area contributed by atoms with Crippen molar-refractivity contribution in [2.45, 2.75) is 53.0 Å². The van der Waals surface area contributed by atoms with Crippen LogP contribution in [-0.4, -0.2) is 21.2 Å². The maximum absolute atomic E-state index is 13.6. The van der Waals surface area contributed by atoms with Crippen molar-refractivity contribution in [1.82, 2.24) is 4.57 Å². The van der Waals surface area contributed by atoms with Gasteiger partial charge in [-0.2, -0.15) is 0 Å². The van der Waals surface area contributed by atoms with Gasteiger partial charge in [-0.15, -0.1) is 0 Å². The molecule has 8 heteroatoms. The number of nitrogens with zero attached hydrogens (tertiary/aromatic N) is 3. The first-order chi connectivity index (χ1) is 17.8. The first kappa shape index (κ1) is 26.0. The molecule has 192 valence electrons. The van der Waals surface area contributed by atoms with Gasteiger partial charge >= 0.3 is 5.97 Å². The number of non-ortho nitro benzene ring substituents is 1. The van der Waals surface area contributed by atoms with E-state index in [1.165, 1.54) is 25.1 Å². The number of hydrogen-bond donors (Lipinski definition) is 0. The molecule has 0 aliphatic carbocycles. The van der Waals surface area contributed by atoms with Crippen molar-refractivity contribution in [1.29, 1.82) is 0 Å². The van der Waals surface area contributed by atoms with Gasteiger partial charge in [0.15, 0.2) is 0 Å². The maximum Gasteiger partial charge on any atom is 0.332 e. The van der Waals surface area contributed by atoms with E-state index in [-0.39, 0.29) is 5.69 Å². The molecule has 7 nitrogen and oxygen atoms in total. The van der Waals surface area contributed by atoms with Gasteiger partial charge in [-0.25, -0.2) is 9.18 Å². The fourth-order valence-corrected chi connectivity index (χ4v) is 4.71. The molecule has 1 unspecified atom stereocenters. The van der Waals surface area contributed by atoms with E-state index in [9.17, 15) is 19.3 Å². The van der Waals surface area contributed by atoms with Crippen LogP contribution >= 0.6 is 0 Å². The van der Waals surface area contributed by atoms with Crippen LogP contribution in [0.2, 0.25) is 0 Å². The third-order valence-electron chi connectivity index (χ3n) is 6.70. The number of aromatic nitrogens is 1. The second-order valence-electron chi connectivity index (χ2n) is 9.25. The highest BCUT2D eigenvalue weighted by Gasteiger charge is 2.19. The van der Waals surface area contributed by atoms with Gasteiger partial charge in [-0.05, 0) is 54.8 Å². The number of nitro benzene ring substituents is 1. The van der Waals surface area contributed by atoms with Gasteiger partial charge in [0.05, 0.1) is 4.92 Å². The van der Waals surface area contributed by atoms with Crippen LogP contribution in [0.3, 0.4) is 0 Å². The van der Waals surface area contributed by atoms with E-state index in [1.807, 2.05) is 24.3 Å². The van der Waals surface area contributed by atoms with E-state index in [0.717, 1.165) is 54.0 Å². The minimum atomic E-state index is -0.578. The molecule has 0 amide bonds. The Bertz CT molecular complexity index is 1470. The normalized spacial score (nSPS) is 12.7. The Morgan fingerprint density at radius 3 is 2.30 bits per heavy atom. The Morgan fingerprint density at radius 2 is 1.68 bits per heavy atom. The molecule has 1 aromatic heterocycles. The highest BCUT2D eigenvalue weighted by Crippen LogP contribution is 2.34. The lowest BCUT2D eigenvalue weighted by molar-refractivity contribution is -0.384. The van der Waals surface area contributed by atoms with E-state index in [1.54, 1.807) is 18.2 Å². The quantitative estimate of drug-likeness (QED) is 0.0978. The Hall–Kier alpha value is -4.07. The molecule has 4 rings (SSSR count). The van der Waals surface area contributed by atoms with Crippen LogP contribution in [0.25, 0.3) is 21.8 Å². The van der Waals surface area contributed by atoms with Crippen LogP contribution < -0.4 is 0 Å². The minimum absolute atomic E-state index is 0.0160. The summed E-state index contributed by atoms with van der Waals surface area (Å²) >= 11 is 0. The van der Waals surface area contributed by atoms with E-state index in [2.05, 4.69) is 23.6 Å². The summed E-state index contributed by atoms with van der Waals surface area (Å²) in [7, 11) is 0. The summed E-state index contributed by atoms with van der Waals surface area (Å²) in [6, 6.07) is 16.5. The van der Waals surface area contributed by atoms with Crippen molar-refractivity contribution in [3.63, 3.8) is 0 Å². The highest BCUT2D eigenvalue weighted by atomic mass is 19.1. The number of rotatable bonds is 10. The molecule has 37 heavy (non-hydrogen) atoms. The second kappa shape index (κ2) is 11.3. The van der Waals surface area contributed by atoms with Crippen molar-refractivity contribution in [3.05, 3.63) is 87.7 Å². The molecule has 0 saturated heterocycles. The number of halogens is 1. The molecule has 1 heterocycles. The first-order valence-corrected chi connectivity index (χ1v) is 12.5. The van der Waals surface area contributed by atoms with Gasteiger partial charge in [0.25, 0.3) is 5.69 Å². The predicted molar refractivity (Wildman–Crippen MR) is 143 cm³/mol. The molecular weight excluding hydrogens is 473 g/mol. The zero-order valence-corrected chi connectivity index (χ0v) is 21.2. The molecular formula is C29H30FN3O4. The largest absolute Gasteiger partial charge is 0.340 e. The number of fused-ring (bicyclic) bond motifs is 3. The van der Waals surface area contributed by atoms with E-state index < -0.39 is 16.7 Å². The number of hydrogen-bond acceptors (Lipinski definition) is 5. The third kappa shape index (κ3) is 5.69. The summed E-state index contributed by atoms with van der Waals surface area (Å²) in [4.78, 5) is 27.6. The second-order valence-corrected chi connectivity index (χ2v) is 9.25. The molecule has 4 aromatic rings. The molecule has 1 atom stereocenters. The molecule has 0 N–H and O–H groups in total. The summed E-state index contributed by atoms with van der Waals surface area (Å²) < 4.78 is 15.8. The Kier molecular flexibility index (Phi) is 7.96. The predicted octanol–water partition coefficient (Wildman–Crippen LogP) is 7.37. The van der Waals surface area contributed by atoms with Crippen molar-refractivity contribution >= 4 is 39.2 Å². The van der Waals surface area contributed by atoms with Crippen LogP contribution in [-0.2, 0) is 16.2 Å². The number of unbranched alkanes of at least 4 members (excludes halogenated alkanes) is 1. The van der Waals surface area contributed by atoms with Crippen LogP contribution in [0.1, 0.15) is 57.6 Å². The average molecular weight is 504 g/mol. The van der Waals surface area contributed by atoms with Crippen LogP contribution in [0.15, 0.2) is 65.8 Å². The van der Waals surface area contributed by atoms with Crippen molar-refractivity contribution in [3.8, 4) is 0 Å². The Balaban J connectivity index is 1.92. The fraction of sp³-hybridized carbons (Fsp3) is 0.310. The fourth-order valence-electron chi connectivity index (χ4n) is 4.71. The van der Waals surface area contributed by atoms with E-state index in [4.69, 9.17) is 4.84 Å². The number of benzene rings is 3. The number of nitro groups is 1. The highest BCUT2D eigenvalue weighted by molar-refractivity contribution is 6.17. The summed E-state index contributed by atoms with van der Waals surface area (Å²) in [6.07, 6.45) is 4.44. The van der Waals surface area contributed by atoms with E-state index >= 15 is 0 Å². The van der Waals surface area contributed by atoms with E-state index in [0.29, 0.717) is 22.8 Å². The van der Waals surface area contributed by atoms with Crippen molar-refractivity contribution in [2.75, 3.05) is 0 Å². The van der Waals surface area contributed by atoms with Gasteiger partial charge in [0.2, 0.25) is 0 Å². The smallest absolute Gasteiger partial charge is 0.332 e. The lowest BCUT2D eigenvalue weighted by Gasteiger charge is -2.17. The van der Waals surface area contributed by atoms with Gasteiger partial charge in [0.1, 0.15) is 11.5 Å². The number of carbonyl (C=O) groups is 1. The average Bonchev–Trinajstić information content (AvgIpc) is 3.19. The van der Waals surface area contributed by atoms with Crippen molar-refractivity contribution < 1.29 is 18.9 Å². The van der Waals surface area contributed by atoms with Gasteiger partial charge in [-0.3, -0.25) is 10.1 Å². The zero-order chi connectivity index (χ0) is 26.5. The van der Waals surface area contributed by atoms with Crippen LogP contribution in [0.4, 0.5) is 10.1 Å². The topological polar surface area (TPSA) is 86.7 Å². The summed E-state index contributed by atoms with van der Waals surface area (Å²) in [5.41, 5.74) is 3.47. The van der Waals surface area contributed by atoms with Crippen molar-refractivity contribution in [2.24, 2.45) is 11.1 Å². The Labute approximate surface area is 214 Å². The lowest BCUT2D eigenvalue weighted by atomic mass is 9.99. The molecule has 0 radical (unpaired) electrons. The molecule has 0 bridgehead atoms. The SMILES string of the molecule is CCCCC(CC)Cn1c2ccc(/C(=N/OC(C)=O)c3ccc(F)cc3)cc2c2cc([N+](=O)[O-])ccc21. The van der Waals surface area contributed by atoms with Gasteiger partial charge in [0, 0.05) is 58.5 Å². The molecule has 0 aliphatic rings. The van der Waals surface area contributed by atoms with Crippen LogP contribution in [0.5, 0.6) is 0 Å². The van der Waals surface area contributed by atoms with Crippen LogP contribution in [0, 0.1) is 21.8 Å². The molecule has 0 aliphatic heterocycles. The zero-order valence-electron chi connectivity index (χ0n) is 21.2. The van der Waals surface area contributed by atoms with Gasteiger partial charge < -0.3 is 9.40 Å². The monoisotopic (exact) mass is 503 g/mol. The lowest BCUT2D eigenvalue weighted by Crippen LogP contribution is -2.10. The molecule has 0 spiro atoms. The summed E-state index contributed by atoms with van der Waals surface area (Å²) in [5, 5.41) is 17.2. The maximum atomic E-state index is 13.6. The molecule has 0 saturated carbocycles. The summed E-state index contributed by atoms with van der Waals surface area (Å²) in [5.74, 6) is -0.491. The molecule has 0 fully saturated rings. The molecule has 3 aromatic carbocycles. The minimum Gasteiger partial charge on any atom is -0.340 e.